The van der Waals surface area contributed by atoms with Crippen molar-refractivity contribution < 1.29 is 27.9 Å². The molecule has 2 atom stereocenters. The second kappa shape index (κ2) is 8.03. The number of urea groups is 1. The number of para-hydroxylation sites is 1. The number of benzene rings is 3. The molecule has 0 unspecified atom stereocenters. The van der Waals surface area contributed by atoms with Gasteiger partial charge in [0.15, 0.2) is 5.60 Å². The number of halogens is 4. The molecule has 0 fully saturated rings. The van der Waals surface area contributed by atoms with E-state index in [9.17, 15) is 27.9 Å². The Morgan fingerprint density at radius 1 is 1.18 bits per heavy atom. The number of carbonyl (C=O) groups is 2. The zero-order chi connectivity index (χ0) is 24.2. The van der Waals surface area contributed by atoms with Crippen molar-refractivity contribution in [2.24, 2.45) is 0 Å². The number of carbonyl (C=O) groups excluding carboxylic acids is 2. The molecule has 0 aromatic heterocycles. The molecule has 3 amide bonds. The van der Waals surface area contributed by atoms with Crippen molar-refractivity contribution in [1.82, 2.24) is 5.32 Å². The van der Waals surface area contributed by atoms with E-state index < -0.39 is 42.4 Å². The Balaban J connectivity index is 1.52. The molecule has 0 aliphatic carbocycles. The lowest BCUT2D eigenvalue weighted by atomic mass is 9.96. The lowest BCUT2D eigenvalue weighted by Crippen LogP contribution is -2.43. The average molecular weight is 488 g/mol. The highest BCUT2D eigenvalue weighted by Gasteiger charge is 2.50. The van der Waals surface area contributed by atoms with Gasteiger partial charge in [-0.2, -0.15) is 0 Å². The summed E-state index contributed by atoms with van der Waals surface area (Å²) in [6.45, 7) is -0.652. The molecule has 0 bridgehead atoms. The van der Waals surface area contributed by atoms with Crippen LogP contribution in [0.2, 0.25) is 5.02 Å². The Morgan fingerprint density at radius 2 is 1.94 bits per heavy atom. The molecule has 2 aliphatic rings. The van der Waals surface area contributed by atoms with Crippen LogP contribution < -0.4 is 15.5 Å². The molecule has 10 heteroatoms. The second-order valence-electron chi connectivity index (χ2n) is 8.10. The van der Waals surface area contributed by atoms with Crippen LogP contribution in [0.1, 0.15) is 33.1 Å². The number of nitrogens with zero attached hydrogens (tertiary/aromatic N) is 1. The minimum Gasteiger partial charge on any atom is -0.377 e. The summed E-state index contributed by atoms with van der Waals surface area (Å²) in [6.07, 6.45) is -3.12. The normalized spacial score (nSPS) is 20.8. The summed E-state index contributed by atoms with van der Waals surface area (Å²) in [4.78, 5) is 26.8. The monoisotopic (exact) mass is 487 g/mol. The van der Waals surface area contributed by atoms with Crippen molar-refractivity contribution in [3.8, 4) is 0 Å². The maximum atomic E-state index is 13.9. The molecular weight excluding hydrogens is 471 g/mol. The lowest BCUT2D eigenvalue weighted by molar-refractivity contribution is -0.0890. The molecule has 0 saturated carbocycles. The van der Waals surface area contributed by atoms with E-state index in [0.717, 1.165) is 4.90 Å². The number of aliphatic hydroxyl groups is 1. The van der Waals surface area contributed by atoms with Gasteiger partial charge in [-0.05, 0) is 36.4 Å². The first kappa shape index (κ1) is 22.2. The summed E-state index contributed by atoms with van der Waals surface area (Å²) in [5.41, 5.74) is -1.28. The maximum absolute atomic E-state index is 13.9. The maximum Gasteiger partial charge on any atom is 0.326 e. The van der Waals surface area contributed by atoms with E-state index >= 15 is 0 Å². The molecular formula is C24H17ClF3N3O3. The van der Waals surface area contributed by atoms with Gasteiger partial charge >= 0.3 is 6.03 Å². The third-order valence-electron chi connectivity index (χ3n) is 6.09. The van der Waals surface area contributed by atoms with Crippen LogP contribution in [0, 0.1) is 5.82 Å². The Hall–Kier alpha value is -3.56. The van der Waals surface area contributed by atoms with Gasteiger partial charge in [0.25, 0.3) is 12.3 Å². The summed E-state index contributed by atoms with van der Waals surface area (Å²) in [7, 11) is 0. The van der Waals surface area contributed by atoms with Crippen molar-refractivity contribution in [2.75, 3.05) is 16.8 Å². The summed E-state index contributed by atoms with van der Waals surface area (Å²) in [5, 5.41) is 16.2. The van der Waals surface area contributed by atoms with Gasteiger partial charge in [0.05, 0.1) is 18.3 Å². The van der Waals surface area contributed by atoms with Crippen molar-refractivity contribution in [3.05, 3.63) is 93.8 Å². The van der Waals surface area contributed by atoms with Gasteiger partial charge in [-0.3, -0.25) is 9.69 Å². The minimum absolute atomic E-state index is 0.0558. The number of fused-ring (bicyclic) bond motifs is 2. The smallest absolute Gasteiger partial charge is 0.326 e. The molecule has 2 aliphatic heterocycles. The number of anilines is 2. The molecule has 0 radical (unpaired) electrons. The third kappa shape index (κ3) is 3.39. The Kier molecular flexibility index (Phi) is 5.26. The van der Waals surface area contributed by atoms with E-state index in [1.165, 1.54) is 36.4 Å². The number of hydrogen-bond acceptors (Lipinski definition) is 3. The summed E-state index contributed by atoms with van der Waals surface area (Å²) in [6, 6.07) is 12.7. The number of amides is 3. The largest absolute Gasteiger partial charge is 0.377 e. The fourth-order valence-corrected chi connectivity index (χ4v) is 4.70. The molecule has 0 spiro atoms. The number of nitrogens with one attached hydrogen (secondary N) is 2. The number of β-amino-alcohol motifs (C(OH)–C–C–N with tert-alkyl or cyclic N) is 1. The van der Waals surface area contributed by atoms with Crippen LogP contribution in [0.4, 0.5) is 29.3 Å². The highest BCUT2D eigenvalue weighted by molar-refractivity contribution is 6.31. The van der Waals surface area contributed by atoms with Gasteiger partial charge in [-0.15, -0.1) is 0 Å². The van der Waals surface area contributed by atoms with Crippen LogP contribution in [-0.4, -0.2) is 30.0 Å². The van der Waals surface area contributed by atoms with Crippen molar-refractivity contribution in [3.63, 3.8) is 0 Å². The van der Waals surface area contributed by atoms with Crippen molar-refractivity contribution in [2.45, 2.75) is 18.1 Å². The van der Waals surface area contributed by atoms with E-state index in [-0.39, 0.29) is 27.5 Å². The van der Waals surface area contributed by atoms with E-state index in [1.807, 2.05) is 0 Å². The highest BCUT2D eigenvalue weighted by Crippen LogP contribution is 2.44. The Bertz CT molecular complexity index is 1340. The Morgan fingerprint density at radius 3 is 2.71 bits per heavy atom. The van der Waals surface area contributed by atoms with Crippen molar-refractivity contribution in [1.29, 1.82) is 0 Å². The van der Waals surface area contributed by atoms with Gasteiger partial charge < -0.3 is 15.7 Å². The average Bonchev–Trinajstić information content (AvgIpc) is 3.32. The molecule has 0 saturated heterocycles. The van der Waals surface area contributed by atoms with E-state index in [4.69, 9.17) is 11.6 Å². The van der Waals surface area contributed by atoms with Gasteiger partial charge in [-0.1, -0.05) is 35.9 Å². The van der Waals surface area contributed by atoms with E-state index in [2.05, 4.69) is 10.6 Å². The standard InChI is InChI=1S/C24H17ClF3N3O3/c25-16-9-8-12(26)10-14(16)20-19-13(21(32)30-20)4-3-6-17(19)29-23(33)31-11-24(34,22(27)28)15-5-1-2-7-18(15)31/h1-10,20,22,34H,11H2,(H,29,33)(H,30,32)/t20-,24+/m0/s1. The van der Waals surface area contributed by atoms with Gasteiger partial charge in [0, 0.05) is 33.0 Å². The first-order valence-electron chi connectivity index (χ1n) is 10.3. The summed E-state index contributed by atoms with van der Waals surface area (Å²) < 4.78 is 41.3. The van der Waals surface area contributed by atoms with Crippen LogP contribution in [0.25, 0.3) is 0 Å². The van der Waals surface area contributed by atoms with Crippen LogP contribution in [0.5, 0.6) is 0 Å². The van der Waals surface area contributed by atoms with Gasteiger partial charge in [-0.25, -0.2) is 18.0 Å². The number of alkyl halides is 2. The molecule has 34 heavy (non-hydrogen) atoms. The second-order valence-corrected chi connectivity index (χ2v) is 8.50. The fourth-order valence-electron chi connectivity index (χ4n) is 4.47. The molecule has 5 rings (SSSR count). The predicted octanol–water partition coefficient (Wildman–Crippen LogP) is 4.82. The summed E-state index contributed by atoms with van der Waals surface area (Å²) >= 11 is 6.26. The highest BCUT2D eigenvalue weighted by atomic mass is 35.5. The minimum atomic E-state index is -3.12. The van der Waals surface area contributed by atoms with Crippen LogP contribution in [0.3, 0.4) is 0 Å². The molecule has 6 nitrogen and oxygen atoms in total. The van der Waals surface area contributed by atoms with Gasteiger partial charge in [0.1, 0.15) is 5.82 Å². The number of rotatable bonds is 3. The van der Waals surface area contributed by atoms with Crippen LogP contribution >= 0.6 is 11.6 Å². The zero-order valence-corrected chi connectivity index (χ0v) is 18.1. The molecule has 3 aromatic carbocycles. The first-order valence-corrected chi connectivity index (χ1v) is 10.7. The topological polar surface area (TPSA) is 81.7 Å². The molecule has 3 aromatic rings. The lowest BCUT2D eigenvalue weighted by Gasteiger charge is -2.24. The van der Waals surface area contributed by atoms with E-state index in [1.54, 1.807) is 24.3 Å². The molecule has 3 N–H and O–H groups in total. The quantitative estimate of drug-likeness (QED) is 0.495. The van der Waals surface area contributed by atoms with E-state index in [0.29, 0.717) is 11.1 Å². The molecule has 174 valence electrons. The van der Waals surface area contributed by atoms with Gasteiger partial charge in [0.2, 0.25) is 0 Å². The SMILES string of the molecule is O=C1N[C@@H](c2cc(F)ccc2Cl)c2c(NC(=O)N3C[C@](O)(C(F)F)c4ccccc43)cccc21. The Labute approximate surface area is 197 Å². The fraction of sp³-hybridized carbons (Fsp3) is 0.167. The van der Waals surface area contributed by atoms with Crippen molar-refractivity contribution >= 4 is 34.9 Å². The third-order valence-corrected chi connectivity index (χ3v) is 6.44. The van der Waals surface area contributed by atoms with Crippen LogP contribution in [0.15, 0.2) is 60.7 Å². The van der Waals surface area contributed by atoms with Crippen LogP contribution in [-0.2, 0) is 5.60 Å². The number of hydrogen-bond donors (Lipinski definition) is 3. The first-order chi connectivity index (χ1) is 16.2. The zero-order valence-electron chi connectivity index (χ0n) is 17.4. The molecule has 2 heterocycles. The predicted molar refractivity (Wildman–Crippen MR) is 120 cm³/mol. The summed E-state index contributed by atoms with van der Waals surface area (Å²) in [5.74, 6) is -0.987.